The smallest absolute Gasteiger partial charge is 0.412 e. The van der Waals surface area contributed by atoms with E-state index >= 15 is 0 Å². The van der Waals surface area contributed by atoms with Crippen molar-refractivity contribution in [3.05, 3.63) is 98.7 Å². The van der Waals surface area contributed by atoms with Crippen LogP contribution in [0.4, 0.5) is 10.5 Å². The first-order valence-electron chi connectivity index (χ1n) is 11.9. The predicted molar refractivity (Wildman–Crippen MR) is 143 cm³/mol. The first kappa shape index (κ1) is 25.2. The Morgan fingerprint density at radius 3 is 2.58 bits per heavy atom. The van der Waals surface area contributed by atoms with Gasteiger partial charge in [0.1, 0.15) is 17.5 Å². The largest absolute Gasteiger partial charge is 0.441 e. The number of ether oxygens (including phenoxy) is 1. The van der Waals surface area contributed by atoms with Crippen LogP contribution in [0.15, 0.2) is 70.4 Å². The number of rotatable bonds is 5. The molecule has 1 aliphatic carbocycles. The van der Waals surface area contributed by atoms with Gasteiger partial charge in [0.05, 0.1) is 5.41 Å². The van der Waals surface area contributed by atoms with Crippen molar-refractivity contribution in [1.29, 1.82) is 0 Å². The molecule has 1 aromatic heterocycles. The summed E-state index contributed by atoms with van der Waals surface area (Å²) in [6, 6.07) is 18.5. The predicted octanol–water partition coefficient (Wildman–Crippen LogP) is 6.82. The van der Waals surface area contributed by atoms with Crippen molar-refractivity contribution in [3.8, 4) is 11.8 Å². The maximum Gasteiger partial charge on any atom is 0.412 e. The number of nitrogens with zero attached hydrogens (tertiary/aromatic N) is 2. The fourth-order valence-electron chi connectivity index (χ4n) is 4.35. The lowest BCUT2D eigenvalue weighted by atomic mass is 9.92. The van der Waals surface area contributed by atoms with Crippen LogP contribution < -0.4 is 5.32 Å². The van der Waals surface area contributed by atoms with Crippen molar-refractivity contribution in [2.45, 2.75) is 38.2 Å². The maximum atomic E-state index is 12.6. The van der Waals surface area contributed by atoms with Gasteiger partial charge in [-0.2, -0.15) is 0 Å². The zero-order chi connectivity index (χ0) is 26.9. The number of nitroso groups, excluding NO2 is 1. The van der Waals surface area contributed by atoms with Crippen LogP contribution in [-0.4, -0.2) is 17.2 Å². The quantitative estimate of drug-likeness (QED) is 0.225. The molecule has 1 atom stereocenters. The minimum Gasteiger partial charge on any atom is -0.441 e. The van der Waals surface area contributed by atoms with Gasteiger partial charge in [-0.3, -0.25) is 10.1 Å². The number of hydrogen-bond acceptors (Lipinski definition) is 6. The van der Waals surface area contributed by atoms with Gasteiger partial charge >= 0.3 is 6.09 Å². The fourth-order valence-corrected chi connectivity index (χ4v) is 4.64. The van der Waals surface area contributed by atoms with E-state index in [-0.39, 0.29) is 5.76 Å². The number of carbonyl (C=O) groups excluding carboxylic acids is 2. The summed E-state index contributed by atoms with van der Waals surface area (Å²) in [6.45, 7) is 3.42. The van der Waals surface area contributed by atoms with Crippen molar-refractivity contribution >= 4 is 40.1 Å². The standard InChI is InChI=1S/C29H22ClN3O5/c1-17-26(31-28(35)37-18(2)23-5-3-4-6-24(23)30)25(38-33-17)12-8-19-7-9-21-16-22(11-10-20(21)15-19)29(13-14-29)27(34)32-36/h3-7,9-11,15-16,18H,13-14H2,1-2H3,(H,31,35). The molecule has 5 rings (SSSR count). The van der Waals surface area contributed by atoms with Crippen LogP contribution in [0, 0.1) is 23.7 Å². The first-order valence-corrected chi connectivity index (χ1v) is 12.3. The zero-order valence-electron chi connectivity index (χ0n) is 20.6. The Balaban J connectivity index is 1.32. The molecule has 8 nitrogen and oxygen atoms in total. The molecule has 4 aromatic rings. The van der Waals surface area contributed by atoms with Crippen LogP contribution in [0.1, 0.15) is 54.0 Å². The van der Waals surface area contributed by atoms with E-state index in [1.165, 1.54) is 0 Å². The summed E-state index contributed by atoms with van der Waals surface area (Å²) in [5.41, 5.74) is 2.21. The van der Waals surface area contributed by atoms with E-state index in [0.717, 1.165) is 16.3 Å². The monoisotopic (exact) mass is 527 g/mol. The topological polar surface area (TPSA) is 111 Å². The molecule has 1 unspecified atom stereocenters. The van der Waals surface area contributed by atoms with Crippen molar-refractivity contribution in [1.82, 2.24) is 5.16 Å². The van der Waals surface area contributed by atoms with Gasteiger partial charge in [-0.15, -0.1) is 4.91 Å². The Labute approximate surface area is 223 Å². The number of amides is 2. The molecule has 190 valence electrons. The lowest BCUT2D eigenvalue weighted by Crippen LogP contribution is -2.17. The van der Waals surface area contributed by atoms with Crippen molar-refractivity contribution < 1.29 is 18.8 Å². The summed E-state index contributed by atoms with van der Waals surface area (Å²) in [7, 11) is 0. The minimum absolute atomic E-state index is 0.191. The highest BCUT2D eigenvalue weighted by Gasteiger charge is 2.52. The Morgan fingerprint density at radius 1 is 1.11 bits per heavy atom. The SMILES string of the molecule is Cc1noc(C#Cc2ccc3cc(C4(C(=O)N=O)CC4)ccc3c2)c1NC(=O)OC(C)c1ccccc1Cl. The molecule has 0 spiro atoms. The maximum absolute atomic E-state index is 12.6. The number of hydrogen-bond donors (Lipinski definition) is 1. The van der Waals surface area contributed by atoms with Gasteiger partial charge in [-0.05, 0) is 67.1 Å². The normalized spacial score (nSPS) is 14.2. The average molecular weight is 528 g/mol. The van der Waals surface area contributed by atoms with Crippen molar-refractivity contribution in [2.24, 2.45) is 5.18 Å². The third-order valence-corrected chi connectivity index (χ3v) is 7.02. The molecule has 9 heteroatoms. The summed E-state index contributed by atoms with van der Waals surface area (Å²) >= 11 is 6.20. The molecule has 2 amide bonds. The first-order chi connectivity index (χ1) is 18.3. The van der Waals surface area contributed by atoms with Crippen molar-refractivity contribution in [2.75, 3.05) is 5.32 Å². The lowest BCUT2D eigenvalue weighted by Gasteiger charge is -2.15. The molecule has 0 aliphatic heterocycles. The number of halogens is 1. The van der Waals surface area contributed by atoms with Gasteiger partial charge in [0, 0.05) is 21.3 Å². The summed E-state index contributed by atoms with van der Waals surface area (Å²) < 4.78 is 10.8. The molecule has 0 radical (unpaired) electrons. The number of aromatic nitrogens is 1. The molecule has 38 heavy (non-hydrogen) atoms. The molecule has 0 bridgehead atoms. The Kier molecular flexibility index (Phi) is 6.70. The second-order valence-electron chi connectivity index (χ2n) is 9.17. The van der Waals surface area contributed by atoms with Gasteiger partial charge in [0.2, 0.25) is 5.76 Å². The Bertz CT molecular complexity index is 1640. The summed E-state index contributed by atoms with van der Waals surface area (Å²) in [4.78, 5) is 35.3. The molecule has 1 saturated carbocycles. The molecular formula is C29H22ClN3O5. The minimum atomic E-state index is -0.770. The second-order valence-corrected chi connectivity index (χ2v) is 9.58. The molecule has 1 fully saturated rings. The number of carbonyl (C=O) groups is 2. The van der Waals surface area contributed by atoms with E-state index in [1.54, 1.807) is 32.0 Å². The zero-order valence-corrected chi connectivity index (χ0v) is 21.3. The van der Waals surface area contributed by atoms with Crippen LogP contribution in [0.5, 0.6) is 0 Å². The number of nitrogens with one attached hydrogen (secondary N) is 1. The van der Waals surface area contributed by atoms with Gasteiger partial charge in [0.25, 0.3) is 5.91 Å². The third-order valence-electron chi connectivity index (χ3n) is 6.67. The Morgan fingerprint density at radius 2 is 1.84 bits per heavy atom. The van der Waals surface area contributed by atoms with Gasteiger partial charge in [0.15, 0.2) is 0 Å². The van der Waals surface area contributed by atoms with Gasteiger partial charge in [-0.1, -0.05) is 65.1 Å². The fraction of sp³-hybridized carbons (Fsp3) is 0.207. The van der Waals surface area contributed by atoms with Crippen LogP contribution in [-0.2, 0) is 14.9 Å². The summed E-state index contributed by atoms with van der Waals surface area (Å²) in [5, 5.41) is 11.6. The number of anilines is 1. The van der Waals surface area contributed by atoms with E-state index in [4.69, 9.17) is 20.9 Å². The molecule has 1 aliphatic rings. The van der Waals surface area contributed by atoms with E-state index in [0.29, 0.717) is 40.4 Å². The molecular weight excluding hydrogens is 506 g/mol. The third kappa shape index (κ3) is 4.89. The lowest BCUT2D eigenvalue weighted by molar-refractivity contribution is -0.120. The van der Waals surface area contributed by atoms with Crippen LogP contribution in [0.3, 0.4) is 0 Å². The average Bonchev–Trinajstić information content (AvgIpc) is 3.66. The summed E-state index contributed by atoms with van der Waals surface area (Å²) in [6.07, 6.45) is 0.00194. The summed E-state index contributed by atoms with van der Waals surface area (Å²) in [5.74, 6) is 5.53. The van der Waals surface area contributed by atoms with E-state index in [1.807, 2.05) is 42.5 Å². The molecule has 1 heterocycles. The Hall–Kier alpha value is -4.48. The van der Waals surface area contributed by atoms with E-state index < -0.39 is 23.5 Å². The van der Waals surface area contributed by atoms with E-state index in [2.05, 4.69) is 27.5 Å². The second kappa shape index (κ2) is 10.1. The highest BCUT2D eigenvalue weighted by atomic mass is 35.5. The number of aryl methyl sites for hydroxylation is 1. The van der Waals surface area contributed by atoms with Crippen LogP contribution >= 0.6 is 11.6 Å². The van der Waals surface area contributed by atoms with Crippen LogP contribution in [0.25, 0.3) is 10.8 Å². The molecule has 1 N–H and O–H groups in total. The highest BCUT2D eigenvalue weighted by Crippen LogP contribution is 2.49. The van der Waals surface area contributed by atoms with Crippen LogP contribution in [0.2, 0.25) is 5.02 Å². The molecule has 0 saturated heterocycles. The van der Waals surface area contributed by atoms with Gasteiger partial charge in [-0.25, -0.2) is 4.79 Å². The van der Waals surface area contributed by atoms with Gasteiger partial charge < -0.3 is 9.26 Å². The van der Waals surface area contributed by atoms with E-state index in [9.17, 15) is 14.5 Å². The number of fused-ring (bicyclic) bond motifs is 1. The number of benzene rings is 3. The molecule has 3 aromatic carbocycles. The van der Waals surface area contributed by atoms with Crippen molar-refractivity contribution in [3.63, 3.8) is 0 Å². The highest BCUT2D eigenvalue weighted by molar-refractivity contribution is 6.31.